The number of rotatable bonds is 7. The summed E-state index contributed by atoms with van der Waals surface area (Å²) < 4.78 is 66.2. The van der Waals surface area contributed by atoms with Crippen LogP contribution in [0.1, 0.15) is 33.9 Å². The third kappa shape index (κ3) is 4.95. The number of carbonyl (C=O) groups is 1. The first-order chi connectivity index (χ1) is 16.6. The van der Waals surface area contributed by atoms with E-state index in [0.29, 0.717) is 29.1 Å². The number of alkyl halides is 3. The van der Waals surface area contributed by atoms with E-state index < -0.39 is 27.7 Å². The number of halogens is 3. The van der Waals surface area contributed by atoms with E-state index in [1.165, 1.54) is 30.7 Å². The highest BCUT2D eigenvalue weighted by Gasteiger charge is 2.36. The zero-order valence-electron chi connectivity index (χ0n) is 17.6. The number of hydrogen-bond donors (Lipinski definition) is 3. The van der Waals surface area contributed by atoms with E-state index in [4.69, 9.17) is 0 Å². The molecule has 5 rings (SSSR count). The molecule has 10 nitrogen and oxygen atoms in total. The first kappa shape index (κ1) is 23.2. The van der Waals surface area contributed by atoms with Crippen LogP contribution in [-0.4, -0.2) is 44.5 Å². The van der Waals surface area contributed by atoms with E-state index in [2.05, 4.69) is 35.0 Å². The molecule has 1 saturated carbocycles. The molecule has 15 heteroatoms. The van der Waals surface area contributed by atoms with Crippen LogP contribution in [0.4, 0.5) is 18.9 Å². The molecule has 4 heterocycles. The highest BCUT2D eigenvalue weighted by Crippen LogP contribution is 2.35. The van der Waals surface area contributed by atoms with Gasteiger partial charge in [-0.25, -0.2) is 23.4 Å². The van der Waals surface area contributed by atoms with Gasteiger partial charge in [-0.05, 0) is 25.0 Å². The third-order valence-electron chi connectivity index (χ3n) is 5.11. The predicted octanol–water partition coefficient (Wildman–Crippen LogP) is 3.33. The van der Waals surface area contributed by atoms with Gasteiger partial charge in [0.15, 0.2) is 10.7 Å². The molecule has 1 amide bonds. The Hall–Kier alpha value is -3.59. The van der Waals surface area contributed by atoms with E-state index in [1.807, 2.05) is 0 Å². The van der Waals surface area contributed by atoms with Gasteiger partial charge in [-0.15, -0.1) is 11.3 Å². The van der Waals surface area contributed by atoms with Crippen LogP contribution in [0.15, 0.2) is 36.9 Å². The van der Waals surface area contributed by atoms with Crippen molar-refractivity contribution in [1.82, 2.24) is 30.2 Å². The first-order valence-electron chi connectivity index (χ1n) is 10.2. The van der Waals surface area contributed by atoms with Crippen LogP contribution in [0.25, 0.3) is 21.7 Å². The molecule has 4 aromatic heterocycles. The second-order valence-corrected chi connectivity index (χ2v) is 10.7. The Labute approximate surface area is 200 Å². The van der Waals surface area contributed by atoms with Gasteiger partial charge in [0.1, 0.15) is 16.8 Å². The summed E-state index contributed by atoms with van der Waals surface area (Å²) in [4.78, 5) is 31.5. The molecule has 35 heavy (non-hydrogen) atoms. The van der Waals surface area contributed by atoms with E-state index in [1.54, 1.807) is 0 Å². The van der Waals surface area contributed by atoms with E-state index in [0.717, 1.165) is 17.5 Å². The molecule has 1 aliphatic carbocycles. The van der Waals surface area contributed by atoms with Gasteiger partial charge in [0.05, 0.1) is 34.2 Å². The van der Waals surface area contributed by atoms with Crippen molar-refractivity contribution < 1.29 is 26.4 Å². The SMILES string of the molecule is O=C(NCc1cc(NS(=O)(=O)C2CC2)ccn1)c1ncc(-c2cnc3[nH]cc(C(F)(F)F)c3n2)s1. The number of nitrogens with zero attached hydrogens (tertiary/aromatic N) is 4. The number of sulfonamides is 1. The molecule has 4 aromatic rings. The quantitative estimate of drug-likeness (QED) is 0.337. The van der Waals surface area contributed by atoms with Crippen LogP contribution in [0.2, 0.25) is 0 Å². The molecule has 0 radical (unpaired) electrons. The van der Waals surface area contributed by atoms with E-state index >= 15 is 0 Å². The number of nitrogens with one attached hydrogen (secondary N) is 3. The van der Waals surface area contributed by atoms with Crippen LogP contribution in [0, 0.1) is 0 Å². The summed E-state index contributed by atoms with van der Waals surface area (Å²) in [6.07, 6.45) is 1.54. The Morgan fingerprint density at radius 2 is 2.00 bits per heavy atom. The zero-order chi connectivity index (χ0) is 24.8. The summed E-state index contributed by atoms with van der Waals surface area (Å²) in [7, 11) is -3.42. The standard InChI is InChI=1S/C20H16F3N7O3S2/c21-20(22,23)13-7-25-17-16(13)29-14(8-26-17)15-9-28-19(34-15)18(31)27-6-11-5-10(3-4-24-11)30-35(32,33)12-1-2-12/h3-5,7-9,12H,1-2,6H2,(H,24,30)(H,25,26)(H,27,31). The molecule has 0 aromatic carbocycles. The molecule has 0 unspecified atom stereocenters. The van der Waals surface area contributed by atoms with Crippen LogP contribution >= 0.6 is 11.3 Å². The average Bonchev–Trinajstić information content (AvgIpc) is 3.40. The van der Waals surface area contributed by atoms with Gasteiger partial charge in [-0.1, -0.05) is 0 Å². The Morgan fingerprint density at radius 3 is 2.74 bits per heavy atom. The Bertz CT molecular complexity index is 1530. The maximum atomic E-state index is 13.2. The number of aromatic amines is 1. The number of aromatic nitrogens is 5. The van der Waals surface area contributed by atoms with Crippen molar-refractivity contribution in [2.75, 3.05) is 4.72 Å². The number of pyridine rings is 1. The lowest BCUT2D eigenvalue weighted by molar-refractivity contribution is -0.136. The Kier molecular flexibility index (Phi) is 5.67. The van der Waals surface area contributed by atoms with Gasteiger partial charge < -0.3 is 10.3 Å². The number of fused-ring (bicyclic) bond motifs is 1. The topological polar surface area (TPSA) is 143 Å². The second kappa shape index (κ2) is 8.57. The molecular formula is C20H16F3N7O3S2. The highest BCUT2D eigenvalue weighted by atomic mass is 32.2. The maximum absolute atomic E-state index is 13.2. The van der Waals surface area contributed by atoms with E-state index in [9.17, 15) is 26.4 Å². The van der Waals surface area contributed by atoms with Gasteiger partial charge in [-0.3, -0.25) is 14.5 Å². The summed E-state index contributed by atoms with van der Waals surface area (Å²) in [5.41, 5.74) is -0.329. The zero-order valence-corrected chi connectivity index (χ0v) is 19.3. The monoisotopic (exact) mass is 523 g/mol. The fourth-order valence-corrected chi connectivity index (χ4v) is 5.40. The lowest BCUT2D eigenvalue weighted by atomic mass is 10.3. The highest BCUT2D eigenvalue weighted by molar-refractivity contribution is 7.93. The molecule has 0 bridgehead atoms. The van der Waals surface area contributed by atoms with Crippen molar-refractivity contribution in [3.63, 3.8) is 0 Å². The summed E-state index contributed by atoms with van der Waals surface area (Å²) in [6.45, 7) is 0.0107. The number of H-pyrrole nitrogens is 1. The van der Waals surface area contributed by atoms with Crippen LogP contribution in [0.5, 0.6) is 0 Å². The summed E-state index contributed by atoms with van der Waals surface area (Å²) in [5.74, 6) is -0.529. The van der Waals surface area contributed by atoms with Gasteiger partial charge in [0.2, 0.25) is 10.0 Å². The molecule has 1 aliphatic rings. The number of anilines is 1. The third-order valence-corrected chi connectivity index (χ3v) is 8.00. The van der Waals surface area contributed by atoms with Crippen LogP contribution in [-0.2, 0) is 22.7 Å². The molecule has 0 aliphatic heterocycles. The van der Waals surface area contributed by atoms with Crippen molar-refractivity contribution in [3.05, 3.63) is 53.2 Å². The smallest absolute Gasteiger partial charge is 0.344 e. The summed E-state index contributed by atoms with van der Waals surface area (Å²) in [5, 5.41) is 2.33. The van der Waals surface area contributed by atoms with Crippen LogP contribution < -0.4 is 10.0 Å². The second-order valence-electron chi connectivity index (χ2n) is 7.75. The summed E-state index contributed by atoms with van der Waals surface area (Å²) in [6, 6.07) is 3.04. The minimum absolute atomic E-state index is 0.00212. The van der Waals surface area contributed by atoms with Crippen molar-refractivity contribution in [2.24, 2.45) is 0 Å². The average molecular weight is 524 g/mol. The number of carbonyl (C=O) groups excluding carboxylic acids is 1. The normalized spacial score (nSPS) is 14.3. The minimum atomic E-state index is -4.59. The molecular weight excluding hydrogens is 507 g/mol. The van der Waals surface area contributed by atoms with Crippen molar-refractivity contribution >= 4 is 44.1 Å². The molecule has 0 saturated heterocycles. The molecule has 0 atom stereocenters. The first-order valence-corrected chi connectivity index (χ1v) is 12.6. The van der Waals surface area contributed by atoms with E-state index in [-0.39, 0.29) is 33.7 Å². The van der Waals surface area contributed by atoms with Crippen LogP contribution in [0.3, 0.4) is 0 Å². The number of thiazole rings is 1. The van der Waals surface area contributed by atoms with Gasteiger partial charge >= 0.3 is 6.18 Å². The molecule has 3 N–H and O–H groups in total. The van der Waals surface area contributed by atoms with Gasteiger partial charge in [0.25, 0.3) is 5.91 Å². The lowest BCUT2D eigenvalue weighted by Gasteiger charge is -2.08. The lowest BCUT2D eigenvalue weighted by Crippen LogP contribution is -2.23. The minimum Gasteiger partial charge on any atom is -0.344 e. The van der Waals surface area contributed by atoms with Crippen molar-refractivity contribution in [2.45, 2.75) is 30.8 Å². The fraction of sp³-hybridized carbons (Fsp3) is 0.250. The predicted molar refractivity (Wildman–Crippen MR) is 121 cm³/mol. The van der Waals surface area contributed by atoms with Crippen molar-refractivity contribution in [1.29, 1.82) is 0 Å². The fourth-order valence-electron chi connectivity index (χ4n) is 3.23. The number of amides is 1. The van der Waals surface area contributed by atoms with Gasteiger partial charge in [0, 0.05) is 18.6 Å². The Balaban J connectivity index is 1.27. The molecule has 182 valence electrons. The molecule has 0 spiro atoms. The maximum Gasteiger partial charge on any atom is 0.420 e. The van der Waals surface area contributed by atoms with Crippen molar-refractivity contribution in [3.8, 4) is 10.6 Å². The Morgan fingerprint density at radius 1 is 1.20 bits per heavy atom. The molecule has 1 fully saturated rings. The van der Waals surface area contributed by atoms with Gasteiger partial charge in [-0.2, -0.15) is 13.2 Å². The largest absolute Gasteiger partial charge is 0.420 e. The summed E-state index contributed by atoms with van der Waals surface area (Å²) >= 11 is 0.946. The number of hydrogen-bond acceptors (Lipinski definition) is 8.